The molecule has 1 aromatic heterocycles. The Morgan fingerprint density at radius 2 is 2.10 bits per heavy atom. The van der Waals surface area contributed by atoms with E-state index in [1.807, 2.05) is 12.1 Å². The van der Waals surface area contributed by atoms with E-state index in [2.05, 4.69) is 28.7 Å². The molecule has 5 heteroatoms. The first-order chi connectivity index (χ1) is 9.74. The van der Waals surface area contributed by atoms with E-state index in [0.29, 0.717) is 11.7 Å². The third kappa shape index (κ3) is 1.85. The van der Waals surface area contributed by atoms with Crippen molar-refractivity contribution < 1.29 is 4.39 Å². The molecular weight excluding hydrogens is 273 g/mol. The van der Waals surface area contributed by atoms with Crippen LogP contribution in [0.15, 0.2) is 43.1 Å². The first-order valence-electron chi connectivity index (χ1n) is 6.70. The summed E-state index contributed by atoms with van der Waals surface area (Å²) in [5.74, 6) is -0.244. The predicted octanol–water partition coefficient (Wildman–Crippen LogP) is 3.48. The van der Waals surface area contributed by atoms with Gasteiger partial charge in [0.15, 0.2) is 0 Å². The van der Waals surface area contributed by atoms with Crippen LogP contribution in [-0.2, 0) is 0 Å². The normalized spacial score (nSPS) is 21.1. The molecule has 0 radical (unpaired) electrons. The summed E-state index contributed by atoms with van der Waals surface area (Å²) in [7, 11) is 0. The molecule has 1 saturated carbocycles. The minimum absolute atomic E-state index is 0.0497. The number of imidazole rings is 1. The summed E-state index contributed by atoms with van der Waals surface area (Å²) in [6.45, 7) is 0. The number of hydrogen-bond donors (Lipinski definition) is 1. The molecule has 20 heavy (non-hydrogen) atoms. The van der Waals surface area contributed by atoms with Crippen molar-refractivity contribution in [3.63, 3.8) is 0 Å². The van der Waals surface area contributed by atoms with Crippen LogP contribution in [0.2, 0.25) is 0 Å². The summed E-state index contributed by atoms with van der Waals surface area (Å²) in [4.78, 5) is 6.22. The van der Waals surface area contributed by atoms with Gasteiger partial charge in [0.1, 0.15) is 5.82 Å². The third-order valence-corrected chi connectivity index (χ3v) is 4.30. The Hall–Kier alpha value is -1.75. The lowest BCUT2D eigenvalue weighted by molar-refractivity contribution is 0.615. The molecule has 2 aromatic rings. The molecule has 2 heterocycles. The van der Waals surface area contributed by atoms with E-state index < -0.39 is 0 Å². The van der Waals surface area contributed by atoms with Crippen molar-refractivity contribution in [3.8, 4) is 5.69 Å². The van der Waals surface area contributed by atoms with Gasteiger partial charge >= 0.3 is 0 Å². The molecule has 4 rings (SSSR count). The molecule has 102 valence electrons. The van der Waals surface area contributed by atoms with E-state index in [0.717, 1.165) is 11.3 Å². The Labute approximate surface area is 122 Å². The highest BCUT2D eigenvalue weighted by atomic mass is 32.1. The summed E-state index contributed by atoms with van der Waals surface area (Å²) < 4.78 is 16.0. The number of nitrogens with zero attached hydrogens (tertiary/aromatic N) is 3. The fourth-order valence-electron chi connectivity index (χ4n) is 2.66. The van der Waals surface area contributed by atoms with E-state index in [1.54, 1.807) is 29.4 Å². The summed E-state index contributed by atoms with van der Waals surface area (Å²) in [5, 5.41) is -0.0497. The Morgan fingerprint density at radius 1 is 1.25 bits per heavy atom. The Balaban J connectivity index is 1.88. The molecule has 1 aromatic carbocycles. The van der Waals surface area contributed by atoms with Crippen LogP contribution < -0.4 is 4.90 Å². The quantitative estimate of drug-likeness (QED) is 0.854. The van der Waals surface area contributed by atoms with Gasteiger partial charge in [-0.25, -0.2) is 9.37 Å². The lowest BCUT2D eigenvalue weighted by Crippen LogP contribution is -2.23. The number of aromatic nitrogens is 2. The van der Waals surface area contributed by atoms with Crippen LogP contribution in [0.5, 0.6) is 0 Å². The number of benzene rings is 1. The largest absolute Gasteiger partial charge is 0.345 e. The molecule has 0 bridgehead atoms. The fourth-order valence-corrected chi connectivity index (χ4v) is 2.94. The zero-order valence-corrected chi connectivity index (χ0v) is 11.7. The van der Waals surface area contributed by atoms with Crippen molar-refractivity contribution in [3.05, 3.63) is 54.5 Å². The number of hydrogen-bond acceptors (Lipinski definition) is 3. The molecule has 0 N–H and O–H groups in total. The average molecular weight is 287 g/mol. The monoisotopic (exact) mass is 287 g/mol. The number of fused-ring (bicyclic) bond motifs is 1. The van der Waals surface area contributed by atoms with Crippen LogP contribution in [0.4, 0.5) is 10.1 Å². The highest BCUT2D eigenvalue weighted by Crippen LogP contribution is 2.42. The van der Waals surface area contributed by atoms with E-state index in [1.165, 1.54) is 12.8 Å². The molecule has 2 aliphatic rings. The van der Waals surface area contributed by atoms with Crippen LogP contribution in [0.1, 0.15) is 23.7 Å². The predicted molar refractivity (Wildman–Crippen MR) is 79.9 cm³/mol. The van der Waals surface area contributed by atoms with Gasteiger partial charge in [0.25, 0.3) is 0 Å². The highest BCUT2D eigenvalue weighted by Gasteiger charge is 2.32. The maximum Gasteiger partial charge on any atom is 0.147 e. The van der Waals surface area contributed by atoms with E-state index in [9.17, 15) is 4.39 Å². The summed E-state index contributed by atoms with van der Waals surface area (Å²) >= 11 is 4.53. The van der Waals surface area contributed by atoms with Crippen molar-refractivity contribution in [1.29, 1.82) is 0 Å². The SMILES string of the molecule is Fc1cc2c(cc1-n1ccnc1)N(C1CC1)C=CC2S. The fraction of sp³-hybridized carbons (Fsp3) is 0.267. The molecular formula is C15H14FN3S. The molecule has 1 atom stereocenters. The summed E-state index contributed by atoms with van der Waals surface area (Å²) in [6, 6.07) is 4.05. The standard InChI is InChI=1S/C15H14FN3S/c16-12-7-11-13(8-14(12)18-6-4-17-9-18)19(10-1-2-10)5-3-15(11)20/h3-10,15,20H,1-2H2. The van der Waals surface area contributed by atoms with Gasteiger partial charge in [-0.2, -0.15) is 12.6 Å². The zero-order chi connectivity index (χ0) is 13.7. The lowest BCUT2D eigenvalue weighted by Gasteiger charge is -2.30. The third-order valence-electron chi connectivity index (χ3n) is 3.84. The smallest absolute Gasteiger partial charge is 0.147 e. The Kier molecular flexibility index (Phi) is 2.63. The number of thiol groups is 1. The first-order valence-corrected chi connectivity index (χ1v) is 7.22. The van der Waals surface area contributed by atoms with Gasteiger partial charge in [-0.3, -0.25) is 0 Å². The molecule has 3 nitrogen and oxygen atoms in total. The summed E-state index contributed by atoms with van der Waals surface area (Å²) in [5.41, 5.74) is 2.52. The molecule has 0 amide bonds. The van der Waals surface area contributed by atoms with Gasteiger partial charge in [-0.15, -0.1) is 0 Å². The van der Waals surface area contributed by atoms with Crippen LogP contribution in [0, 0.1) is 5.82 Å². The Morgan fingerprint density at radius 3 is 2.80 bits per heavy atom. The molecule has 1 fully saturated rings. The molecule has 0 spiro atoms. The average Bonchev–Trinajstić information content (AvgIpc) is 3.14. The van der Waals surface area contributed by atoms with Gasteiger partial charge in [-0.1, -0.05) is 6.08 Å². The molecule has 1 aliphatic carbocycles. The molecule has 1 aliphatic heterocycles. The first kappa shape index (κ1) is 12.0. The van der Waals surface area contributed by atoms with Crippen LogP contribution in [0.3, 0.4) is 0 Å². The van der Waals surface area contributed by atoms with Crippen LogP contribution in [0.25, 0.3) is 5.69 Å². The van der Waals surface area contributed by atoms with Crippen molar-refractivity contribution in [2.45, 2.75) is 24.1 Å². The minimum atomic E-state index is -0.244. The topological polar surface area (TPSA) is 21.1 Å². The second-order valence-corrected chi connectivity index (χ2v) is 5.81. The van der Waals surface area contributed by atoms with E-state index in [4.69, 9.17) is 0 Å². The van der Waals surface area contributed by atoms with E-state index in [-0.39, 0.29) is 11.1 Å². The van der Waals surface area contributed by atoms with E-state index >= 15 is 0 Å². The second kappa shape index (κ2) is 4.38. The minimum Gasteiger partial charge on any atom is -0.345 e. The Bertz CT molecular complexity index is 677. The zero-order valence-electron chi connectivity index (χ0n) is 10.8. The summed E-state index contributed by atoms with van der Waals surface area (Å²) in [6.07, 6.45) is 11.5. The van der Waals surface area contributed by atoms with Crippen LogP contribution >= 0.6 is 12.6 Å². The molecule has 0 saturated heterocycles. The van der Waals surface area contributed by atoms with Gasteiger partial charge in [0, 0.05) is 35.6 Å². The second-order valence-electron chi connectivity index (χ2n) is 5.26. The van der Waals surface area contributed by atoms with Gasteiger partial charge in [0.2, 0.25) is 0 Å². The van der Waals surface area contributed by atoms with Crippen molar-refractivity contribution in [2.24, 2.45) is 0 Å². The highest BCUT2D eigenvalue weighted by molar-refractivity contribution is 7.80. The van der Waals surface area contributed by atoms with Gasteiger partial charge in [-0.05, 0) is 30.5 Å². The number of anilines is 1. The van der Waals surface area contributed by atoms with Gasteiger partial charge in [0.05, 0.1) is 12.0 Å². The van der Waals surface area contributed by atoms with Crippen molar-refractivity contribution in [2.75, 3.05) is 4.90 Å². The van der Waals surface area contributed by atoms with Crippen molar-refractivity contribution >= 4 is 18.3 Å². The number of rotatable bonds is 2. The van der Waals surface area contributed by atoms with Crippen molar-refractivity contribution in [1.82, 2.24) is 9.55 Å². The number of halogens is 1. The molecule has 1 unspecified atom stereocenters. The maximum absolute atomic E-state index is 14.3. The lowest BCUT2D eigenvalue weighted by atomic mass is 10.0. The maximum atomic E-state index is 14.3. The van der Waals surface area contributed by atoms with Crippen LogP contribution in [-0.4, -0.2) is 15.6 Å². The van der Waals surface area contributed by atoms with Gasteiger partial charge < -0.3 is 9.47 Å².